The number of aromatic nitrogens is 1. The molecule has 2 N–H and O–H groups in total. The molecule has 0 amide bonds. The van der Waals surface area contributed by atoms with Crippen LogP contribution >= 0.6 is 0 Å². The van der Waals surface area contributed by atoms with Crippen LogP contribution in [0.4, 0.5) is 0 Å². The van der Waals surface area contributed by atoms with Gasteiger partial charge in [0.15, 0.2) is 0 Å². The topological polar surface area (TPSA) is 80.4 Å². The van der Waals surface area contributed by atoms with E-state index in [1.54, 1.807) is 6.92 Å². The molecule has 1 aromatic carbocycles. The van der Waals surface area contributed by atoms with Crippen LogP contribution in [-0.4, -0.2) is 36.7 Å². The van der Waals surface area contributed by atoms with Gasteiger partial charge in [0.2, 0.25) is 0 Å². The minimum Gasteiger partial charge on any atom is -0.468 e. The molecule has 0 spiro atoms. The molecule has 2 heterocycles. The lowest BCUT2D eigenvalue weighted by Crippen LogP contribution is -2.45. The summed E-state index contributed by atoms with van der Waals surface area (Å²) in [6.45, 7) is 2.11. The lowest BCUT2D eigenvalue weighted by atomic mass is 9.92. The van der Waals surface area contributed by atoms with Gasteiger partial charge in [0, 0.05) is 23.0 Å². The molecule has 1 aliphatic heterocycles. The molecule has 0 fully saturated rings. The number of nitrogens with one attached hydrogen (secondary N) is 2. The van der Waals surface area contributed by atoms with E-state index in [-0.39, 0.29) is 24.4 Å². The quantitative estimate of drug-likeness (QED) is 0.842. The maximum absolute atomic E-state index is 12.0. The Bertz CT molecular complexity index is 737. The summed E-state index contributed by atoms with van der Waals surface area (Å²) < 4.78 is 9.91. The molecular formula is C17H20N2O4. The number of para-hydroxylation sites is 1. The van der Waals surface area contributed by atoms with Crippen molar-refractivity contribution in [1.29, 1.82) is 0 Å². The number of hydrogen-bond acceptors (Lipinski definition) is 5. The van der Waals surface area contributed by atoms with Gasteiger partial charge < -0.3 is 14.5 Å². The smallest absolute Gasteiger partial charge is 0.323 e. The Morgan fingerprint density at radius 1 is 1.30 bits per heavy atom. The first-order chi connectivity index (χ1) is 11.1. The van der Waals surface area contributed by atoms with Crippen LogP contribution in [0.3, 0.4) is 0 Å². The lowest BCUT2D eigenvalue weighted by Gasteiger charge is -2.29. The Balaban J connectivity index is 1.99. The van der Waals surface area contributed by atoms with Crippen LogP contribution in [0.25, 0.3) is 10.9 Å². The van der Waals surface area contributed by atoms with Crippen molar-refractivity contribution in [3.8, 4) is 0 Å². The Kier molecular flexibility index (Phi) is 4.34. The molecule has 0 saturated carbocycles. The van der Waals surface area contributed by atoms with Crippen LogP contribution in [0, 0.1) is 0 Å². The number of H-pyrrole nitrogens is 1. The van der Waals surface area contributed by atoms with Gasteiger partial charge in [-0.25, -0.2) is 0 Å². The fourth-order valence-corrected chi connectivity index (χ4v) is 3.17. The summed E-state index contributed by atoms with van der Waals surface area (Å²) in [6, 6.07) is 7.16. The van der Waals surface area contributed by atoms with E-state index < -0.39 is 6.04 Å². The Morgan fingerprint density at radius 3 is 2.83 bits per heavy atom. The first kappa shape index (κ1) is 15.6. The van der Waals surface area contributed by atoms with Crippen molar-refractivity contribution < 1.29 is 19.1 Å². The van der Waals surface area contributed by atoms with Crippen molar-refractivity contribution in [1.82, 2.24) is 10.3 Å². The van der Waals surface area contributed by atoms with Crippen LogP contribution in [0.1, 0.15) is 30.6 Å². The normalized spacial score (nSPS) is 20.1. The average Bonchev–Trinajstić information content (AvgIpc) is 2.93. The zero-order valence-corrected chi connectivity index (χ0v) is 13.2. The largest absolute Gasteiger partial charge is 0.468 e. The van der Waals surface area contributed by atoms with E-state index >= 15 is 0 Å². The monoisotopic (exact) mass is 316 g/mol. The van der Waals surface area contributed by atoms with Crippen molar-refractivity contribution in [3.05, 3.63) is 35.5 Å². The number of rotatable bonds is 4. The zero-order valence-electron chi connectivity index (χ0n) is 13.2. The Labute approximate surface area is 134 Å². The molecule has 1 aliphatic rings. The minimum atomic E-state index is -0.467. The highest BCUT2D eigenvalue weighted by Crippen LogP contribution is 2.33. The molecule has 3 rings (SSSR count). The molecular weight excluding hydrogens is 296 g/mol. The second-order valence-electron chi connectivity index (χ2n) is 5.57. The number of esters is 2. The van der Waals surface area contributed by atoms with Crippen molar-refractivity contribution in [2.24, 2.45) is 0 Å². The van der Waals surface area contributed by atoms with Crippen molar-refractivity contribution in [2.75, 3.05) is 13.7 Å². The lowest BCUT2D eigenvalue weighted by molar-refractivity contribution is -0.146. The molecule has 1 aromatic heterocycles. The van der Waals surface area contributed by atoms with E-state index in [9.17, 15) is 9.59 Å². The third kappa shape index (κ3) is 2.94. The second kappa shape index (κ2) is 6.42. The van der Waals surface area contributed by atoms with Gasteiger partial charge in [0.25, 0.3) is 0 Å². The van der Waals surface area contributed by atoms with E-state index in [0.717, 1.165) is 22.2 Å². The number of fused-ring (bicyclic) bond motifs is 3. The van der Waals surface area contributed by atoms with Crippen LogP contribution in [-0.2, 0) is 25.5 Å². The fourth-order valence-electron chi connectivity index (χ4n) is 3.17. The first-order valence-corrected chi connectivity index (χ1v) is 7.73. The highest BCUT2D eigenvalue weighted by Gasteiger charge is 2.34. The number of ether oxygens (including phenoxy) is 2. The number of methoxy groups -OCH3 is 1. The fraction of sp³-hybridized carbons (Fsp3) is 0.412. The SMILES string of the molecule is CCOC(=O)C[C@@H]1N[C@H](C(=O)OC)Cc2c1[nH]c1ccccc21. The van der Waals surface area contributed by atoms with Crippen LogP contribution in [0.2, 0.25) is 0 Å². The zero-order chi connectivity index (χ0) is 16.4. The summed E-state index contributed by atoms with van der Waals surface area (Å²) in [7, 11) is 1.37. The van der Waals surface area contributed by atoms with Crippen LogP contribution in [0.5, 0.6) is 0 Å². The number of benzene rings is 1. The van der Waals surface area contributed by atoms with Gasteiger partial charge in [-0.3, -0.25) is 14.9 Å². The molecule has 0 bridgehead atoms. The molecule has 0 aliphatic carbocycles. The molecule has 122 valence electrons. The summed E-state index contributed by atoms with van der Waals surface area (Å²) in [6.07, 6.45) is 0.701. The van der Waals surface area contributed by atoms with Gasteiger partial charge >= 0.3 is 11.9 Å². The summed E-state index contributed by atoms with van der Waals surface area (Å²) in [5, 5.41) is 4.28. The molecule has 0 saturated heterocycles. The summed E-state index contributed by atoms with van der Waals surface area (Å²) in [5.74, 6) is -0.616. The molecule has 2 aromatic rings. The molecule has 6 heteroatoms. The van der Waals surface area contributed by atoms with Gasteiger partial charge in [0.1, 0.15) is 6.04 Å². The molecule has 2 atom stereocenters. The number of carbonyl (C=O) groups is 2. The van der Waals surface area contributed by atoms with Crippen molar-refractivity contribution in [2.45, 2.75) is 31.8 Å². The second-order valence-corrected chi connectivity index (χ2v) is 5.57. The summed E-state index contributed by atoms with van der Waals surface area (Å²) in [4.78, 5) is 27.2. The predicted octanol–water partition coefficient (Wildman–Crippen LogP) is 1.85. The van der Waals surface area contributed by atoms with Gasteiger partial charge in [-0.2, -0.15) is 0 Å². The van der Waals surface area contributed by atoms with E-state index in [4.69, 9.17) is 9.47 Å². The number of aromatic amines is 1. The maximum atomic E-state index is 12.0. The number of carbonyl (C=O) groups excluding carboxylic acids is 2. The van der Waals surface area contributed by atoms with Crippen LogP contribution < -0.4 is 5.32 Å². The number of hydrogen-bond donors (Lipinski definition) is 2. The third-order valence-corrected chi connectivity index (χ3v) is 4.17. The van der Waals surface area contributed by atoms with Gasteiger partial charge in [-0.15, -0.1) is 0 Å². The van der Waals surface area contributed by atoms with Gasteiger partial charge in [-0.1, -0.05) is 18.2 Å². The van der Waals surface area contributed by atoms with Gasteiger partial charge in [0.05, 0.1) is 26.2 Å². The maximum Gasteiger partial charge on any atom is 0.323 e. The Hall–Kier alpha value is -2.34. The van der Waals surface area contributed by atoms with E-state index in [0.29, 0.717) is 13.0 Å². The van der Waals surface area contributed by atoms with Crippen molar-refractivity contribution >= 4 is 22.8 Å². The standard InChI is InChI=1S/C17H20N2O4/c1-3-23-15(20)9-13-16-11(8-14(18-13)17(21)22-2)10-6-4-5-7-12(10)19-16/h4-7,13-14,18-19H,3,8-9H2,1-2H3/t13-,14-/m0/s1. The highest BCUT2D eigenvalue weighted by molar-refractivity contribution is 5.87. The minimum absolute atomic E-state index is 0.168. The molecule has 6 nitrogen and oxygen atoms in total. The Morgan fingerprint density at radius 2 is 2.09 bits per heavy atom. The molecule has 0 radical (unpaired) electrons. The summed E-state index contributed by atoms with van der Waals surface area (Å²) in [5.41, 5.74) is 3.00. The van der Waals surface area contributed by atoms with E-state index in [2.05, 4.69) is 10.3 Å². The van der Waals surface area contributed by atoms with E-state index in [1.165, 1.54) is 7.11 Å². The van der Waals surface area contributed by atoms with E-state index in [1.807, 2.05) is 24.3 Å². The average molecular weight is 316 g/mol. The molecule has 23 heavy (non-hydrogen) atoms. The van der Waals surface area contributed by atoms with Crippen molar-refractivity contribution in [3.63, 3.8) is 0 Å². The third-order valence-electron chi connectivity index (χ3n) is 4.17. The first-order valence-electron chi connectivity index (χ1n) is 7.73. The predicted molar refractivity (Wildman–Crippen MR) is 84.9 cm³/mol. The van der Waals surface area contributed by atoms with Crippen LogP contribution in [0.15, 0.2) is 24.3 Å². The van der Waals surface area contributed by atoms with Gasteiger partial charge in [-0.05, 0) is 18.6 Å². The highest BCUT2D eigenvalue weighted by atomic mass is 16.5. The molecule has 0 unspecified atom stereocenters. The summed E-state index contributed by atoms with van der Waals surface area (Å²) >= 11 is 0.